The fourth-order valence-electron chi connectivity index (χ4n) is 1.24. The van der Waals surface area contributed by atoms with Crippen LogP contribution < -0.4 is 10.2 Å². The smallest absolute Gasteiger partial charge is 0.545 e. The van der Waals surface area contributed by atoms with Crippen LogP contribution in [0.5, 0.6) is 0 Å². The maximum absolute atomic E-state index is 10.2. The first-order chi connectivity index (χ1) is 9.41. The van der Waals surface area contributed by atoms with Gasteiger partial charge in [0.2, 0.25) is 0 Å². The van der Waals surface area contributed by atoms with Crippen LogP contribution in [-0.4, -0.2) is 35.8 Å². The van der Waals surface area contributed by atoms with Gasteiger partial charge in [-0.05, 0) is 23.8 Å². The molecule has 0 atom stereocenters. The Morgan fingerprint density at radius 3 is 1.86 bits per heavy atom. The maximum Gasteiger partial charge on any atom is 2.00 e. The predicted molar refractivity (Wildman–Crippen MR) is 77.3 cm³/mol. The summed E-state index contributed by atoms with van der Waals surface area (Å²) in [6.07, 6.45) is 0. The number of carboxylic acids is 2. The number of carbonyl (C=O) groups excluding carboxylic acids is 2. The first kappa shape index (κ1) is 19.8. The molecule has 0 aromatic heterocycles. The Bertz CT molecular complexity index is 632. The average molecular weight is 430 g/mol. The molecule has 7 heteroatoms. The fraction of sp³-hybridized carbons (Fsp3) is 0. The molecular formula is C14H8Cl2O4Sn. The van der Waals surface area contributed by atoms with Crippen molar-refractivity contribution in [2.75, 3.05) is 0 Å². The van der Waals surface area contributed by atoms with Gasteiger partial charge in [0.25, 0.3) is 0 Å². The Hall–Kier alpha value is -1.24. The molecule has 0 bridgehead atoms. The Kier molecular flexibility index (Phi) is 9.08. The number of hydrogen-bond acceptors (Lipinski definition) is 4. The summed E-state index contributed by atoms with van der Waals surface area (Å²) >= 11 is 11.0. The van der Waals surface area contributed by atoms with Gasteiger partial charge in [-0.25, -0.2) is 0 Å². The van der Waals surface area contributed by atoms with Gasteiger partial charge in [0.15, 0.2) is 0 Å². The van der Waals surface area contributed by atoms with Crippen LogP contribution in [0.4, 0.5) is 0 Å². The molecule has 0 saturated heterocycles. The molecule has 0 unspecified atom stereocenters. The van der Waals surface area contributed by atoms with E-state index in [-0.39, 0.29) is 40.1 Å². The topological polar surface area (TPSA) is 80.3 Å². The Morgan fingerprint density at radius 1 is 0.857 bits per heavy atom. The van der Waals surface area contributed by atoms with Crippen LogP contribution in [-0.2, 0) is 0 Å². The van der Waals surface area contributed by atoms with Crippen molar-refractivity contribution in [1.29, 1.82) is 0 Å². The fourth-order valence-corrected chi connectivity index (χ4v) is 1.65. The molecule has 2 radical (unpaired) electrons. The van der Waals surface area contributed by atoms with E-state index in [1.807, 2.05) is 0 Å². The van der Waals surface area contributed by atoms with Crippen molar-refractivity contribution in [2.24, 2.45) is 0 Å². The van der Waals surface area contributed by atoms with Crippen molar-refractivity contribution < 1.29 is 19.8 Å². The molecule has 0 fully saturated rings. The van der Waals surface area contributed by atoms with E-state index >= 15 is 0 Å². The third kappa shape index (κ3) is 6.84. The Balaban J connectivity index is 0.000000364. The second kappa shape index (κ2) is 9.65. The largest absolute Gasteiger partial charge is 2.00 e. The molecule has 2 aromatic carbocycles. The van der Waals surface area contributed by atoms with Gasteiger partial charge in [-0.3, -0.25) is 0 Å². The van der Waals surface area contributed by atoms with Crippen molar-refractivity contribution in [3.8, 4) is 0 Å². The summed E-state index contributed by atoms with van der Waals surface area (Å²) in [5.41, 5.74) is 0.136. The van der Waals surface area contributed by atoms with Crippen molar-refractivity contribution in [3.63, 3.8) is 0 Å². The first-order valence-corrected chi connectivity index (χ1v) is 6.10. The van der Waals surface area contributed by atoms with Crippen LogP contribution in [0.2, 0.25) is 10.0 Å². The van der Waals surface area contributed by atoms with Crippen LogP contribution >= 0.6 is 23.2 Å². The summed E-state index contributed by atoms with van der Waals surface area (Å²) in [6, 6.07) is 12.1. The molecule has 0 aliphatic carbocycles. The third-order valence-corrected chi connectivity index (χ3v) is 2.72. The molecule has 0 saturated carbocycles. The van der Waals surface area contributed by atoms with E-state index in [1.165, 1.54) is 24.3 Å². The minimum absolute atomic E-state index is 0. The van der Waals surface area contributed by atoms with Crippen LogP contribution in [0.25, 0.3) is 0 Å². The summed E-state index contributed by atoms with van der Waals surface area (Å²) < 4.78 is 0. The molecule has 4 nitrogen and oxygen atoms in total. The number of hydrogen-bond donors (Lipinski definition) is 0. The molecule has 0 N–H and O–H groups in total. The van der Waals surface area contributed by atoms with E-state index in [9.17, 15) is 19.8 Å². The number of rotatable bonds is 2. The number of benzene rings is 2. The van der Waals surface area contributed by atoms with Crippen LogP contribution in [0.1, 0.15) is 20.7 Å². The zero-order chi connectivity index (χ0) is 15.1. The van der Waals surface area contributed by atoms with Crippen molar-refractivity contribution >= 4 is 59.0 Å². The van der Waals surface area contributed by atoms with Gasteiger partial charge >= 0.3 is 23.9 Å². The zero-order valence-corrected chi connectivity index (χ0v) is 14.9. The predicted octanol–water partition coefficient (Wildman–Crippen LogP) is 1.03. The van der Waals surface area contributed by atoms with Gasteiger partial charge in [0, 0.05) is 15.6 Å². The molecular weight excluding hydrogens is 422 g/mol. The molecule has 21 heavy (non-hydrogen) atoms. The zero-order valence-electron chi connectivity index (χ0n) is 10.5. The molecule has 0 aliphatic rings. The van der Waals surface area contributed by atoms with Crippen molar-refractivity contribution in [1.82, 2.24) is 0 Å². The minimum Gasteiger partial charge on any atom is -0.545 e. The number of aromatic carboxylic acids is 2. The maximum atomic E-state index is 10.2. The summed E-state index contributed by atoms with van der Waals surface area (Å²) in [7, 11) is 0. The molecule has 106 valence electrons. The van der Waals surface area contributed by atoms with E-state index in [0.717, 1.165) is 0 Å². The quantitative estimate of drug-likeness (QED) is 0.668. The van der Waals surface area contributed by atoms with Crippen molar-refractivity contribution in [2.45, 2.75) is 0 Å². The van der Waals surface area contributed by atoms with Gasteiger partial charge in [-0.1, -0.05) is 53.5 Å². The normalized spacial score (nSPS) is 8.86. The van der Waals surface area contributed by atoms with Gasteiger partial charge in [0.05, 0.1) is 11.9 Å². The van der Waals surface area contributed by atoms with E-state index in [0.29, 0.717) is 5.02 Å². The van der Waals surface area contributed by atoms with Crippen molar-refractivity contribution in [3.05, 3.63) is 69.7 Å². The second-order valence-electron chi connectivity index (χ2n) is 3.57. The number of halogens is 2. The SMILES string of the molecule is O=C([O-])c1cccc(Cl)c1.O=C([O-])c1ccccc1Cl.[Sn+2]. The molecule has 2 rings (SSSR count). The average Bonchev–Trinajstić information content (AvgIpc) is 2.39. The summed E-state index contributed by atoms with van der Waals surface area (Å²) in [4.78, 5) is 20.4. The number of carbonyl (C=O) groups is 2. The Morgan fingerprint density at radius 2 is 1.48 bits per heavy atom. The van der Waals surface area contributed by atoms with Gasteiger partial charge < -0.3 is 19.8 Å². The van der Waals surface area contributed by atoms with Gasteiger partial charge in [-0.2, -0.15) is 0 Å². The van der Waals surface area contributed by atoms with Crippen LogP contribution in [0.3, 0.4) is 0 Å². The molecule has 0 aliphatic heterocycles. The Labute approximate surface area is 148 Å². The summed E-state index contributed by atoms with van der Waals surface area (Å²) in [6.45, 7) is 0. The van der Waals surface area contributed by atoms with Crippen LogP contribution in [0.15, 0.2) is 48.5 Å². The van der Waals surface area contributed by atoms with E-state index < -0.39 is 11.9 Å². The van der Waals surface area contributed by atoms with Gasteiger partial charge in [0.1, 0.15) is 0 Å². The van der Waals surface area contributed by atoms with Gasteiger partial charge in [-0.15, -0.1) is 0 Å². The second-order valence-corrected chi connectivity index (χ2v) is 4.41. The summed E-state index contributed by atoms with van der Waals surface area (Å²) in [5, 5.41) is 21.0. The minimum atomic E-state index is -1.24. The van der Waals surface area contributed by atoms with E-state index in [2.05, 4.69) is 0 Å². The van der Waals surface area contributed by atoms with E-state index in [4.69, 9.17) is 23.2 Å². The summed E-state index contributed by atoms with van der Waals surface area (Å²) in [5.74, 6) is -2.45. The van der Waals surface area contributed by atoms with E-state index in [1.54, 1.807) is 24.3 Å². The third-order valence-electron chi connectivity index (χ3n) is 2.15. The molecule has 0 amide bonds. The molecule has 0 spiro atoms. The molecule has 2 aromatic rings. The molecule has 0 heterocycles. The first-order valence-electron chi connectivity index (χ1n) is 5.34. The monoisotopic (exact) mass is 430 g/mol. The standard InChI is InChI=1S/2C7H5ClO2.Sn/c8-6-3-1-2-5(4-6)7(9)10;8-6-4-2-1-3-5(6)7(9)10;/h2*1-4H,(H,9,10);/q;;+2/p-2. The van der Waals surface area contributed by atoms with Crippen LogP contribution in [0, 0.1) is 0 Å². The number of carboxylic acid groups (broad SMARTS) is 2.